The van der Waals surface area contributed by atoms with Gasteiger partial charge in [0.15, 0.2) is 0 Å². The Morgan fingerprint density at radius 2 is 1.92 bits per heavy atom. The first-order valence-electron chi connectivity index (χ1n) is 7.07. The minimum Gasteiger partial charge on any atom is -0.491 e. The molecule has 1 amide bonds. The summed E-state index contributed by atoms with van der Waals surface area (Å²) in [6.45, 7) is 0.585. The summed E-state index contributed by atoms with van der Waals surface area (Å²) in [5.74, 6) is -1.40. The fourth-order valence-corrected chi connectivity index (χ4v) is 2.06. The topological polar surface area (TPSA) is 125 Å². The molecule has 0 saturated heterocycles. The summed E-state index contributed by atoms with van der Waals surface area (Å²) in [6, 6.07) is 12.4. The summed E-state index contributed by atoms with van der Waals surface area (Å²) in [7, 11) is 0. The van der Waals surface area contributed by atoms with E-state index in [-0.39, 0.29) is 23.3 Å². The van der Waals surface area contributed by atoms with Crippen LogP contribution in [0.1, 0.15) is 26.3 Å². The number of anilines is 1. The molecule has 0 heterocycles. The molecule has 0 aliphatic carbocycles. The third-order valence-electron chi connectivity index (χ3n) is 3.14. The number of ether oxygens (including phenoxy) is 1. The van der Waals surface area contributed by atoms with E-state index in [2.05, 4.69) is 5.32 Å². The van der Waals surface area contributed by atoms with Crippen molar-refractivity contribution in [3.63, 3.8) is 0 Å². The zero-order chi connectivity index (χ0) is 17.5. The number of benzene rings is 2. The third-order valence-corrected chi connectivity index (χ3v) is 3.14. The highest BCUT2D eigenvalue weighted by atomic mass is 16.5. The molecule has 0 radical (unpaired) electrons. The number of carbonyl (C=O) groups is 2. The van der Waals surface area contributed by atoms with Gasteiger partial charge in [-0.25, -0.2) is 4.79 Å². The highest BCUT2D eigenvalue weighted by Gasteiger charge is 2.16. The maximum absolute atomic E-state index is 12.3. The van der Waals surface area contributed by atoms with Crippen LogP contribution in [0.5, 0.6) is 5.75 Å². The molecule has 0 unspecified atom stereocenters. The van der Waals surface area contributed by atoms with Crippen LogP contribution in [0.4, 0.5) is 5.69 Å². The lowest BCUT2D eigenvalue weighted by Crippen LogP contribution is -2.16. The number of rotatable bonds is 6. The Kier molecular flexibility index (Phi) is 5.49. The molecular formula is C17H15N3O4. The van der Waals surface area contributed by atoms with Crippen LogP contribution in [0.3, 0.4) is 0 Å². The molecule has 24 heavy (non-hydrogen) atoms. The molecule has 0 spiro atoms. The molecule has 2 aromatic carbocycles. The average Bonchev–Trinajstić information content (AvgIpc) is 2.60. The molecule has 0 fully saturated rings. The van der Waals surface area contributed by atoms with E-state index in [9.17, 15) is 9.59 Å². The number of amides is 1. The number of nitrogens with one attached hydrogen (secondary N) is 1. The Morgan fingerprint density at radius 3 is 2.54 bits per heavy atom. The average molecular weight is 325 g/mol. The van der Waals surface area contributed by atoms with Crippen LogP contribution in [0.2, 0.25) is 0 Å². The van der Waals surface area contributed by atoms with Crippen molar-refractivity contribution in [2.75, 3.05) is 18.5 Å². The van der Waals surface area contributed by atoms with Gasteiger partial charge in [0.1, 0.15) is 18.4 Å². The lowest BCUT2D eigenvalue weighted by atomic mass is 10.1. The monoisotopic (exact) mass is 325 g/mol. The number of aromatic carboxylic acids is 1. The van der Waals surface area contributed by atoms with Gasteiger partial charge in [-0.1, -0.05) is 12.1 Å². The van der Waals surface area contributed by atoms with Gasteiger partial charge >= 0.3 is 5.97 Å². The van der Waals surface area contributed by atoms with Crippen molar-refractivity contribution in [2.24, 2.45) is 5.73 Å². The lowest BCUT2D eigenvalue weighted by molar-refractivity contribution is 0.0692. The van der Waals surface area contributed by atoms with Crippen molar-refractivity contribution >= 4 is 17.6 Å². The largest absolute Gasteiger partial charge is 0.491 e. The van der Waals surface area contributed by atoms with Gasteiger partial charge in [-0.15, -0.1) is 0 Å². The number of hydrogen-bond donors (Lipinski definition) is 3. The molecule has 0 bridgehead atoms. The fraction of sp³-hybridized carbons (Fsp3) is 0.118. The van der Waals surface area contributed by atoms with Gasteiger partial charge in [-0.05, 0) is 30.3 Å². The second kappa shape index (κ2) is 7.76. The van der Waals surface area contributed by atoms with Crippen molar-refractivity contribution in [3.05, 3.63) is 59.2 Å². The molecule has 2 rings (SSSR count). The quantitative estimate of drug-likeness (QED) is 0.744. The predicted molar refractivity (Wildman–Crippen MR) is 87.1 cm³/mol. The molecule has 122 valence electrons. The lowest BCUT2D eigenvalue weighted by Gasteiger charge is -2.10. The van der Waals surface area contributed by atoms with E-state index in [1.54, 1.807) is 18.2 Å². The summed E-state index contributed by atoms with van der Waals surface area (Å²) >= 11 is 0. The number of carbonyl (C=O) groups excluding carboxylic acids is 1. The van der Waals surface area contributed by atoms with Crippen molar-refractivity contribution in [1.29, 1.82) is 5.26 Å². The SMILES string of the molecule is N#Cc1cc(NC(=O)c2ccccc2C(=O)O)ccc1OCCN. The van der Waals surface area contributed by atoms with E-state index in [0.29, 0.717) is 18.0 Å². The molecule has 7 nitrogen and oxygen atoms in total. The molecule has 0 aliphatic heterocycles. The number of carboxylic acid groups (broad SMARTS) is 1. The molecule has 0 atom stereocenters. The van der Waals surface area contributed by atoms with E-state index in [1.165, 1.54) is 24.3 Å². The van der Waals surface area contributed by atoms with Crippen LogP contribution in [0.25, 0.3) is 0 Å². The maximum Gasteiger partial charge on any atom is 0.336 e. The summed E-state index contributed by atoms with van der Waals surface area (Å²) in [4.78, 5) is 23.5. The fourth-order valence-electron chi connectivity index (χ4n) is 2.06. The summed E-state index contributed by atoms with van der Waals surface area (Å²) < 4.78 is 5.33. The molecule has 7 heteroatoms. The van der Waals surface area contributed by atoms with Gasteiger partial charge in [0.2, 0.25) is 0 Å². The normalized spacial score (nSPS) is 9.83. The van der Waals surface area contributed by atoms with Gasteiger partial charge in [-0.2, -0.15) is 5.26 Å². The summed E-state index contributed by atoms with van der Waals surface area (Å²) in [5.41, 5.74) is 5.89. The minimum absolute atomic E-state index is 0.0342. The third kappa shape index (κ3) is 3.88. The van der Waals surface area contributed by atoms with E-state index in [0.717, 1.165) is 0 Å². The second-order valence-corrected chi connectivity index (χ2v) is 4.76. The van der Waals surface area contributed by atoms with Crippen LogP contribution < -0.4 is 15.8 Å². The van der Waals surface area contributed by atoms with Gasteiger partial charge in [0.05, 0.1) is 16.7 Å². The predicted octanol–water partition coefficient (Wildman–Crippen LogP) is 1.85. The van der Waals surface area contributed by atoms with Gasteiger partial charge in [0.25, 0.3) is 5.91 Å². The van der Waals surface area contributed by atoms with Crippen LogP contribution in [-0.4, -0.2) is 30.1 Å². The van der Waals surface area contributed by atoms with E-state index in [1.807, 2.05) is 6.07 Å². The number of nitrogens with two attached hydrogens (primary N) is 1. The van der Waals surface area contributed by atoms with E-state index >= 15 is 0 Å². The summed E-state index contributed by atoms with van der Waals surface area (Å²) in [6.07, 6.45) is 0. The zero-order valence-corrected chi connectivity index (χ0v) is 12.7. The number of nitrogens with zero attached hydrogens (tertiary/aromatic N) is 1. The molecule has 0 saturated carbocycles. The highest BCUT2D eigenvalue weighted by molar-refractivity contribution is 6.10. The molecule has 0 aromatic heterocycles. The Hall–Kier alpha value is -3.37. The van der Waals surface area contributed by atoms with Crippen molar-refractivity contribution in [1.82, 2.24) is 0 Å². The Balaban J connectivity index is 2.24. The molecule has 4 N–H and O–H groups in total. The zero-order valence-electron chi connectivity index (χ0n) is 12.7. The molecule has 2 aromatic rings. The summed E-state index contributed by atoms with van der Waals surface area (Å²) in [5, 5.41) is 20.9. The number of carboxylic acids is 1. The van der Waals surface area contributed by atoms with Gasteiger partial charge in [0, 0.05) is 12.2 Å². The standard InChI is InChI=1S/C17H15N3O4/c18-7-8-24-15-6-5-12(9-11(15)10-19)20-16(21)13-3-1-2-4-14(13)17(22)23/h1-6,9H,7-8,18H2,(H,20,21)(H,22,23). The highest BCUT2D eigenvalue weighted by Crippen LogP contribution is 2.23. The van der Waals surface area contributed by atoms with Crippen LogP contribution in [0.15, 0.2) is 42.5 Å². The molecule has 0 aliphatic rings. The first kappa shape index (κ1) is 17.0. The van der Waals surface area contributed by atoms with Crippen LogP contribution in [0, 0.1) is 11.3 Å². The maximum atomic E-state index is 12.3. The van der Waals surface area contributed by atoms with Crippen molar-refractivity contribution in [2.45, 2.75) is 0 Å². The van der Waals surface area contributed by atoms with Crippen molar-refractivity contribution in [3.8, 4) is 11.8 Å². The Morgan fingerprint density at radius 1 is 1.21 bits per heavy atom. The van der Waals surface area contributed by atoms with Gasteiger partial charge in [-0.3, -0.25) is 4.79 Å². The minimum atomic E-state index is -1.19. The smallest absolute Gasteiger partial charge is 0.336 e. The van der Waals surface area contributed by atoms with Crippen molar-refractivity contribution < 1.29 is 19.4 Å². The first-order chi connectivity index (χ1) is 11.6. The van der Waals surface area contributed by atoms with E-state index in [4.69, 9.17) is 20.8 Å². The van der Waals surface area contributed by atoms with E-state index < -0.39 is 11.9 Å². The number of hydrogen-bond acceptors (Lipinski definition) is 5. The Labute approximate surface area is 138 Å². The Bertz CT molecular complexity index is 812. The molecular weight excluding hydrogens is 310 g/mol. The van der Waals surface area contributed by atoms with Crippen LogP contribution >= 0.6 is 0 Å². The number of nitriles is 1. The second-order valence-electron chi connectivity index (χ2n) is 4.76. The van der Waals surface area contributed by atoms with Crippen LogP contribution in [-0.2, 0) is 0 Å². The van der Waals surface area contributed by atoms with Gasteiger partial charge < -0.3 is 20.9 Å². The first-order valence-corrected chi connectivity index (χ1v) is 7.07.